The third kappa shape index (κ3) is 8.14. The van der Waals surface area contributed by atoms with E-state index in [-0.39, 0.29) is 0 Å². The van der Waals surface area contributed by atoms with E-state index in [1.807, 2.05) is 0 Å². The van der Waals surface area contributed by atoms with Crippen LogP contribution in [0.2, 0.25) is 0 Å². The first-order valence-electron chi connectivity index (χ1n) is 19.0. The SMILES string of the molecule is C/C=C/c1c(C)[nH]c2c1CCC=C2.Cc1[nH]c2ccccc2c1/C=C/C1=C/C(C)[NH+](C)CCc2c(C)c(C)c3c(c2/C=C\1)C/C=C\C=C/[NH2+]CC3. The number of H-pyrrole nitrogens is 2. The number of nitrogens with two attached hydrogens (primary N) is 1. The minimum Gasteiger partial charge on any atom is -0.358 e. The summed E-state index contributed by atoms with van der Waals surface area (Å²) in [5.74, 6) is 0. The predicted octanol–water partition coefficient (Wildman–Crippen LogP) is 8.25. The highest BCUT2D eigenvalue weighted by molar-refractivity contribution is 5.90. The number of aryl methyl sites for hydroxylation is 2. The maximum absolute atomic E-state index is 3.54. The molecule has 3 aliphatic rings. The van der Waals surface area contributed by atoms with Gasteiger partial charge in [0.25, 0.3) is 0 Å². The summed E-state index contributed by atoms with van der Waals surface area (Å²) in [4.78, 5) is 8.51. The smallest absolute Gasteiger partial charge is 0.104 e. The Labute approximate surface area is 306 Å². The molecule has 4 heterocycles. The molecule has 0 saturated carbocycles. The fourth-order valence-corrected chi connectivity index (χ4v) is 8.02. The first-order valence-corrected chi connectivity index (χ1v) is 19.0. The van der Waals surface area contributed by atoms with E-state index in [2.05, 4.69) is 167 Å². The van der Waals surface area contributed by atoms with E-state index in [4.69, 9.17) is 0 Å². The molecule has 0 radical (unpaired) electrons. The van der Waals surface area contributed by atoms with Gasteiger partial charge in [-0.2, -0.15) is 0 Å². The number of benzene rings is 2. The van der Waals surface area contributed by atoms with Gasteiger partial charge in [0.1, 0.15) is 6.04 Å². The summed E-state index contributed by atoms with van der Waals surface area (Å²) >= 11 is 0. The molecule has 51 heavy (non-hydrogen) atoms. The topological polar surface area (TPSA) is 52.6 Å². The van der Waals surface area contributed by atoms with Crippen molar-refractivity contribution < 1.29 is 10.2 Å². The number of quaternary nitrogens is 2. The standard InChI is InChI=1S/C35H41N3.C12H15N/c1-24-23-28(14-16-31-27(4)37-35-13-9-8-12-34(31)35)15-17-33-30(19-22-38(24)5)26(3)25(2)29-18-21-36-20-10-6-7-11-32(29)33;1-3-6-10-9(2)13-12-8-5-4-7-11(10)12/h6-10,12-17,20,23-24,36-37H,11,18-19,21-22H2,1-5H3;3,5-6,8,13H,4,7H2,1-2H3/p+2/b7-6-,16-14+,17-15-,20-10-,28-23-;6-3+. The number of fused-ring (bicyclic) bond motifs is 5. The number of likely N-dealkylation sites (N-methyl/N-ethyl adjacent to an activating group) is 1. The normalized spacial score (nSPS) is 22.0. The number of para-hydroxylation sites is 1. The maximum atomic E-state index is 3.54. The van der Waals surface area contributed by atoms with Crippen LogP contribution in [0.4, 0.5) is 0 Å². The quantitative estimate of drug-likeness (QED) is 0.169. The molecule has 4 heteroatoms. The Morgan fingerprint density at radius 2 is 1.59 bits per heavy atom. The van der Waals surface area contributed by atoms with Crippen LogP contribution in [0.3, 0.4) is 0 Å². The number of aromatic amines is 2. The highest BCUT2D eigenvalue weighted by atomic mass is 15.1. The van der Waals surface area contributed by atoms with Crippen molar-refractivity contribution in [2.24, 2.45) is 0 Å². The number of allylic oxidation sites excluding steroid dienone is 8. The summed E-state index contributed by atoms with van der Waals surface area (Å²) in [7, 11) is 2.34. The average Bonchev–Trinajstić information content (AvgIpc) is 3.63. The summed E-state index contributed by atoms with van der Waals surface area (Å²) in [5.41, 5.74) is 19.4. The molecule has 4 aromatic rings. The van der Waals surface area contributed by atoms with Gasteiger partial charge in [-0.05, 0) is 135 Å². The molecule has 2 unspecified atom stereocenters. The number of nitrogens with one attached hydrogen (secondary N) is 3. The number of aromatic nitrogens is 2. The molecule has 0 saturated heterocycles. The van der Waals surface area contributed by atoms with E-state index in [1.165, 1.54) is 90.9 Å². The van der Waals surface area contributed by atoms with Gasteiger partial charge in [-0.25, -0.2) is 0 Å². The Morgan fingerprint density at radius 3 is 2.43 bits per heavy atom. The molecule has 2 aliphatic heterocycles. The van der Waals surface area contributed by atoms with E-state index in [0.717, 1.165) is 32.4 Å². The van der Waals surface area contributed by atoms with Crippen molar-refractivity contribution in [3.05, 3.63) is 152 Å². The molecule has 4 nitrogen and oxygen atoms in total. The van der Waals surface area contributed by atoms with Crippen molar-refractivity contribution in [1.82, 2.24) is 9.97 Å². The van der Waals surface area contributed by atoms with Gasteiger partial charge in [0.15, 0.2) is 0 Å². The molecule has 0 bridgehead atoms. The lowest BCUT2D eigenvalue weighted by molar-refractivity contribution is -0.896. The first kappa shape index (κ1) is 36.2. The molecule has 2 aromatic carbocycles. The van der Waals surface area contributed by atoms with Gasteiger partial charge in [0.2, 0.25) is 0 Å². The summed E-state index contributed by atoms with van der Waals surface area (Å²) in [6.45, 7) is 15.6. The summed E-state index contributed by atoms with van der Waals surface area (Å²) in [6, 6.07) is 9.02. The predicted molar refractivity (Wildman–Crippen MR) is 220 cm³/mol. The Kier molecular flexibility index (Phi) is 11.8. The highest BCUT2D eigenvalue weighted by Crippen LogP contribution is 2.32. The lowest BCUT2D eigenvalue weighted by atomic mass is 9.83. The number of rotatable bonds is 3. The van der Waals surface area contributed by atoms with Crippen molar-refractivity contribution in [1.29, 1.82) is 0 Å². The zero-order chi connectivity index (χ0) is 35.9. The van der Waals surface area contributed by atoms with E-state index >= 15 is 0 Å². The second-order valence-corrected chi connectivity index (χ2v) is 14.6. The van der Waals surface area contributed by atoms with Crippen LogP contribution in [-0.4, -0.2) is 36.1 Å². The Hall–Kier alpha value is -4.64. The van der Waals surface area contributed by atoms with Crippen molar-refractivity contribution in [3.8, 4) is 0 Å². The third-order valence-electron chi connectivity index (χ3n) is 11.2. The van der Waals surface area contributed by atoms with Gasteiger partial charge >= 0.3 is 0 Å². The van der Waals surface area contributed by atoms with Gasteiger partial charge in [0.05, 0.1) is 26.3 Å². The largest absolute Gasteiger partial charge is 0.358 e. The van der Waals surface area contributed by atoms with Crippen LogP contribution < -0.4 is 10.2 Å². The molecule has 5 N–H and O–H groups in total. The van der Waals surface area contributed by atoms with E-state index in [9.17, 15) is 0 Å². The van der Waals surface area contributed by atoms with Crippen LogP contribution in [0.5, 0.6) is 0 Å². The van der Waals surface area contributed by atoms with E-state index in [1.54, 1.807) is 10.5 Å². The lowest BCUT2D eigenvalue weighted by Gasteiger charge is -2.25. The third-order valence-corrected chi connectivity index (χ3v) is 11.2. The van der Waals surface area contributed by atoms with Crippen molar-refractivity contribution in [3.63, 3.8) is 0 Å². The average molecular weight is 679 g/mol. The molecule has 0 spiro atoms. The maximum Gasteiger partial charge on any atom is 0.104 e. The molecule has 7 rings (SSSR count). The van der Waals surface area contributed by atoms with Crippen molar-refractivity contribution in [2.45, 2.75) is 79.7 Å². The molecule has 0 fully saturated rings. The number of hydrogen-bond donors (Lipinski definition) is 4. The molecule has 2 atom stereocenters. The fourth-order valence-electron chi connectivity index (χ4n) is 8.02. The van der Waals surface area contributed by atoms with Crippen molar-refractivity contribution in [2.75, 3.05) is 20.1 Å². The van der Waals surface area contributed by atoms with Crippen LogP contribution in [0.1, 0.15) is 87.4 Å². The summed E-state index contributed by atoms with van der Waals surface area (Å²) in [6.07, 6.45) is 35.0. The zero-order valence-electron chi connectivity index (χ0n) is 31.9. The molecule has 264 valence electrons. The van der Waals surface area contributed by atoms with Crippen LogP contribution in [0.25, 0.3) is 35.2 Å². The number of hydrogen-bond acceptors (Lipinski definition) is 0. The zero-order valence-corrected chi connectivity index (χ0v) is 31.9. The monoisotopic (exact) mass is 678 g/mol. The summed E-state index contributed by atoms with van der Waals surface area (Å²) in [5, 5.41) is 3.58. The molecule has 1 aliphatic carbocycles. The lowest BCUT2D eigenvalue weighted by Crippen LogP contribution is -3.12. The fraction of sp³-hybridized carbons (Fsp3) is 0.319. The summed E-state index contributed by atoms with van der Waals surface area (Å²) < 4.78 is 0. The minimum atomic E-state index is 0.438. The van der Waals surface area contributed by atoms with Gasteiger partial charge in [-0.15, -0.1) is 0 Å². The first-order chi connectivity index (χ1) is 24.8. The van der Waals surface area contributed by atoms with Gasteiger partial charge in [-0.3, -0.25) is 0 Å². The van der Waals surface area contributed by atoms with Gasteiger partial charge in [-0.1, -0.05) is 72.9 Å². The van der Waals surface area contributed by atoms with E-state index in [0.29, 0.717) is 6.04 Å². The molecule has 0 amide bonds. The van der Waals surface area contributed by atoms with Crippen molar-refractivity contribution >= 4 is 35.2 Å². The Bertz CT molecular complexity index is 2080. The minimum absolute atomic E-state index is 0.438. The Morgan fingerprint density at radius 1 is 0.784 bits per heavy atom. The highest BCUT2D eigenvalue weighted by Gasteiger charge is 2.21. The molecular weight excluding hydrogens is 621 g/mol. The van der Waals surface area contributed by atoms with Crippen LogP contribution >= 0.6 is 0 Å². The van der Waals surface area contributed by atoms with E-state index < -0.39 is 0 Å². The van der Waals surface area contributed by atoms with Gasteiger partial charge in [0, 0.05) is 46.4 Å². The van der Waals surface area contributed by atoms with Gasteiger partial charge < -0.3 is 20.2 Å². The molecule has 2 aromatic heterocycles. The molecular formula is C47H58N4+2. The Balaban J connectivity index is 0.000000288. The second kappa shape index (κ2) is 16.6. The second-order valence-electron chi connectivity index (χ2n) is 14.6. The van der Waals surface area contributed by atoms with Crippen LogP contribution in [-0.2, 0) is 25.7 Å². The van der Waals surface area contributed by atoms with Crippen LogP contribution in [0.15, 0.2) is 84.6 Å². The van der Waals surface area contributed by atoms with Crippen LogP contribution in [0, 0.1) is 27.7 Å².